The van der Waals surface area contributed by atoms with E-state index in [1.165, 1.54) is 0 Å². The van der Waals surface area contributed by atoms with Crippen LogP contribution >= 0.6 is 0 Å². The molecule has 0 N–H and O–H groups in total. The Balaban J connectivity index is 4.07. The minimum atomic E-state index is -5.50. The van der Waals surface area contributed by atoms with Crippen molar-refractivity contribution < 1.29 is 39.9 Å². The van der Waals surface area contributed by atoms with Crippen LogP contribution in [0.3, 0.4) is 0 Å². The molecular weight excluding hydrogens is 228 g/mol. The summed E-state index contributed by atoms with van der Waals surface area (Å²) in [6, 6.07) is 0. The van der Waals surface area contributed by atoms with E-state index in [4.69, 9.17) is 0 Å². The molecule has 0 saturated heterocycles. The normalized spacial score (nSPS) is 16.1. The molecule has 0 rings (SSSR count). The highest BCUT2D eigenvalue weighted by Gasteiger charge is 2.47. The summed E-state index contributed by atoms with van der Waals surface area (Å²) < 4.78 is 95.0. The highest BCUT2D eigenvalue weighted by molar-refractivity contribution is 4.69. The summed E-state index contributed by atoms with van der Waals surface area (Å²) in [5, 5.41) is 0. The van der Waals surface area contributed by atoms with E-state index in [1.54, 1.807) is 0 Å². The van der Waals surface area contributed by atoms with Crippen molar-refractivity contribution in [3.63, 3.8) is 0 Å². The van der Waals surface area contributed by atoms with Gasteiger partial charge < -0.3 is 4.74 Å². The number of hydrogen-bond donors (Lipinski definition) is 0. The van der Waals surface area contributed by atoms with Gasteiger partial charge in [0.1, 0.15) is 6.61 Å². The molecule has 0 aliphatic rings. The van der Waals surface area contributed by atoms with Crippen LogP contribution in [0, 0.1) is 0 Å². The van der Waals surface area contributed by atoms with Gasteiger partial charge in [-0.05, 0) is 0 Å². The predicted molar refractivity (Wildman–Crippen MR) is 27.9 cm³/mol. The Kier molecular flexibility index (Phi) is 4.10. The molecular formula is C5H4F8O. The fraction of sp³-hybridized carbons (Fsp3) is 1.00. The van der Waals surface area contributed by atoms with E-state index in [1.807, 2.05) is 0 Å². The third kappa shape index (κ3) is 4.07. The van der Waals surface area contributed by atoms with Crippen LogP contribution in [0.15, 0.2) is 0 Å². The number of rotatable bonds is 4. The van der Waals surface area contributed by atoms with Gasteiger partial charge in [0.2, 0.25) is 0 Å². The molecule has 0 aliphatic carbocycles. The summed E-state index contributed by atoms with van der Waals surface area (Å²) in [5.74, 6) is -4.80. The van der Waals surface area contributed by atoms with Crippen molar-refractivity contribution in [2.24, 2.45) is 0 Å². The zero-order valence-electron chi connectivity index (χ0n) is 6.29. The molecule has 0 amide bonds. The topological polar surface area (TPSA) is 9.23 Å². The highest BCUT2D eigenvalue weighted by atomic mass is 19.4. The molecule has 0 saturated carbocycles. The molecule has 0 aliphatic heterocycles. The molecule has 0 fully saturated rings. The molecule has 0 aromatic heterocycles. The first-order valence-electron chi connectivity index (χ1n) is 3.05. The quantitative estimate of drug-likeness (QED) is 0.677. The molecule has 0 heterocycles. The molecule has 1 atom stereocenters. The van der Waals surface area contributed by atoms with E-state index in [-0.39, 0.29) is 0 Å². The van der Waals surface area contributed by atoms with E-state index >= 15 is 0 Å². The maximum Gasteiger partial charge on any atom is 0.445 e. The minimum absolute atomic E-state index is 2.33. The Bertz CT molecular complexity index is 175. The number of halogens is 8. The molecule has 14 heavy (non-hydrogen) atoms. The highest BCUT2D eigenvalue weighted by Crippen LogP contribution is 2.28. The molecule has 0 aromatic carbocycles. The lowest BCUT2D eigenvalue weighted by atomic mass is 10.4. The van der Waals surface area contributed by atoms with Crippen molar-refractivity contribution in [2.75, 3.05) is 6.61 Å². The Labute approximate surface area is 72.6 Å². The lowest BCUT2D eigenvalue weighted by Gasteiger charge is -2.18. The summed E-state index contributed by atoms with van der Waals surface area (Å²) >= 11 is 0. The number of alkyl halides is 8. The SMILES string of the molecule is FC(OCC(F)(F)C(F)F)C(F)(F)F. The summed E-state index contributed by atoms with van der Waals surface area (Å²) in [4.78, 5) is 0. The molecule has 9 heteroatoms. The number of hydrogen-bond acceptors (Lipinski definition) is 1. The van der Waals surface area contributed by atoms with Crippen LogP contribution in [0.5, 0.6) is 0 Å². The van der Waals surface area contributed by atoms with Crippen molar-refractivity contribution in [2.45, 2.75) is 24.9 Å². The van der Waals surface area contributed by atoms with Crippen LogP contribution in [0.1, 0.15) is 0 Å². The maximum absolute atomic E-state index is 11.9. The molecule has 1 nitrogen and oxygen atoms in total. The minimum Gasteiger partial charge on any atom is -0.335 e. The first kappa shape index (κ1) is 13.4. The molecule has 0 bridgehead atoms. The van der Waals surface area contributed by atoms with Gasteiger partial charge in [-0.1, -0.05) is 0 Å². The van der Waals surface area contributed by atoms with Gasteiger partial charge in [0.25, 0.3) is 6.36 Å². The molecule has 0 spiro atoms. The van der Waals surface area contributed by atoms with Gasteiger partial charge in [0.05, 0.1) is 0 Å². The van der Waals surface area contributed by atoms with Gasteiger partial charge in [0.15, 0.2) is 0 Å². The van der Waals surface area contributed by atoms with Gasteiger partial charge in [-0.25, -0.2) is 13.2 Å². The molecule has 1 unspecified atom stereocenters. The third-order valence-electron chi connectivity index (χ3n) is 0.999. The largest absolute Gasteiger partial charge is 0.445 e. The Morgan fingerprint density at radius 1 is 0.929 bits per heavy atom. The Hall–Kier alpha value is -0.600. The standard InChI is InChI=1S/C5H4F8O/c6-2(7)4(9,10)1-14-3(8)5(11,12)13/h2-3H,1H2. The fourth-order valence-corrected chi connectivity index (χ4v) is 0.342. The monoisotopic (exact) mass is 232 g/mol. The van der Waals surface area contributed by atoms with Crippen LogP contribution in [-0.4, -0.2) is 31.5 Å². The van der Waals surface area contributed by atoms with E-state index in [2.05, 4.69) is 4.74 Å². The van der Waals surface area contributed by atoms with Crippen molar-refractivity contribution in [1.82, 2.24) is 0 Å². The van der Waals surface area contributed by atoms with Crippen molar-refractivity contribution >= 4 is 0 Å². The lowest BCUT2D eigenvalue weighted by Crippen LogP contribution is -2.37. The van der Waals surface area contributed by atoms with E-state index in [0.29, 0.717) is 0 Å². The average Bonchev–Trinajstić information content (AvgIpc) is 1.98. The van der Waals surface area contributed by atoms with Crippen LogP contribution in [0.25, 0.3) is 0 Å². The third-order valence-corrected chi connectivity index (χ3v) is 0.999. The first-order valence-corrected chi connectivity index (χ1v) is 3.05. The van der Waals surface area contributed by atoms with E-state index in [0.717, 1.165) is 0 Å². The fourth-order valence-electron chi connectivity index (χ4n) is 0.342. The summed E-state index contributed by atoms with van der Waals surface area (Å²) in [5.41, 5.74) is 0. The Morgan fingerprint density at radius 3 is 1.64 bits per heavy atom. The van der Waals surface area contributed by atoms with Crippen molar-refractivity contribution in [3.8, 4) is 0 Å². The van der Waals surface area contributed by atoms with Gasteiger partial charge in [0, 0.05) is 0 Å². The van der Waals surface area contributed by atoms with Gasteiger partial charge in [-0.3, -0.25) is 0 Å². The number of ether oxygens (including phenoxy) is 1. The van der Waals surface area contributed by atoms with Gasteiger partial charge in [-0.2, -0.15) is 22.0 Å². The lowest BCUT2D eigenvalue weighted by molar-refractivity contribution is -0.286. The zero-order valence-corrected chi connectivity index (χ0v) is 6.29. The summed E-state index contributed by atoms with van der Waals surface area (Å²) in [6.45, 7) is -2.33. The molecule has 86 valence electrons. The second kappa shape index (κ2) is 4.28. The van der Waals surface area contributed by atoms with Crippen LogP contribution in [0.2, 0.25) is 0 Å². The molecule has 0 aromatic rings. The summed E-state index contributed by atoms with van der Waals surface area (Å²) in [7, 11) is 0. The molecule has 0 radical (unpaired) electrons. The Morgan fingerprint density at radius 2 is 1.36 bits per heavy atom. The second-order valence-electron chi connectivity index (χ2n) is 2.23. The van der Waals surface area contributed by atoms with Crippen molar-refractivity contribution in [3.05, 3.63) is 0 Å². The smallest absolute Gasteiger partial charge is 0.335 e. The van der Waals surface area contributed by atoms with Crippen LogP contribution in [0.4, 0.5) is 35.1 Å². The first-order chi connectivity index (χ1) is 6.07. The second-order valence-corrected chi connectivity index (χ2v) is 2.23. The van der Waals surface area contributed by atoms with Crippen molar-refractivity contribution in [1.29, 1.82) is 0 Å². The van der Waals surface area contributed by atoms with E-state index < -0.39 is 31.5 Å². The van der Waals surface area contributed by atoms with Gasteiger partial charge >= 0.3 is 18.5 Å². The van der Waals surface area contributed by atoms with Crippen LogP contribution < -0.4 is 0 Å². The van der Waals surface area contributed by atoms with Crippen LogP contribution in [-0.2, 0) is 4.74 Å². The predicted octanol–water partition coefficient (Wildman–Crippen LogP) is 2.76. The van der Waals surface area contributed by atoms with E-state index in [9.17, 15) is 35.1 Å². The van der Waals surface area contributed by atoms with Gasteiger partial charge in [-0.15, -0.1) is 0 Å². The zero-order chi connectivity index (χ0) is 11.6. The average molecular weight is 232 g/mol. The maximum atomic E-state index is 11.9. The summed E-state index contributed by atoms with van der Waals surface area (Å²) in [6.07, 6.45) is -13.7.